The third-order valence-electron chi connectivity index (χ3n) is 7.11. The van der Waals surface area contributed by atoms with Crippen molar-refractivity contribution in [3.63, 3.8) is 0 Å². The molecule has 0 aliphatic heterocycles. The first-order valence-electron chi connectivity index (χ1n) is 13.0. The van der Waals surface area contributed by atoms with Crippen molar-refractivity contribution >= 4 is 5.78 Å². The lowest BCUT2D eigenvalue weighted by Gasteiger charge is -2.22. The number of aryl methyl sites for hydroxylation is 2. The van der Waals surface area contributed by atoms with Crippen molar-refractivity contribution in [3.8, 4) is 34.5 Å². The van der Waals surface area contributed by atoms with Gasteiger partial charge in [-0.1, -0.05) is 18.2 Å². The van der Waals surface area contributed by atoms with Gasteiger partial charge in [-0.25, -0.2) is 0 Å². The topological polar surface area (TPSA) is 105 Å². The van der Waals surface area contributed by atoms with E-state index in [0.717, 1.165) is 28.0 Å². The lowest BCUT2D eigenvalue weighted by Crippen LogP contribution is -2.07. The summed E-state index contributed by atoms with van der Waals surface area (Å²) in [4.78, 5) is 12.8. The van der Waals surface area contributed by atoms with Crippen molar-refractivity contribution in [1.82, 2.24) is 0 Å². The van der Waals surface area contributed by atoms with Crippen LogP contribution in [0.4, 0.5) is 0 Å². The molecule has 0 radical (unpaired) electrons. The van der Waals surface area contributed by atoms with E-state index in [1.165, 1.54) is 19.2 Å². The van der Waals surface area contributed by atoms with Crippen LogP contribution in [-0.2, 0) is 12.8 Å². The number of ketones is 1. The Kier molecular flexibility index (Phi) is 9.17. The van der Waals surface area contributed by atoms with E-state index in [2.05, 4.69) is 0 Å². The Hall–Kier alpha value is -4.65. The zero-order valence-electron chi connectivity index (χ0n) is 22.9. The average Bonchev–Trinajstić information content (AvgIpc) is 2.97. The van der Waals surface area contributed by atoms with Crippen molar-refractivity contribution in [2.45, 2.75) is 31.6 Å². The Morgan fingerprint density at radius 2 is 1.35 bits per heavy atom. The van der Waals surface area contributed by atoms with E-state index in [9.17, 15) is 20.1 Å². The number of phenols is 3. The molecule has 208 valence electrons. The van der Waals surface area contributed by atoms with Gasteiger partial charge < -0.3 is 29.5 Å². The Bertz CT molecular complexity index is 1440. The minimum Gasteiger partial charge on any atom is -0.508 e. The summed E-state index contributed by atoms with van der Waals surface area (Å²) in [5.74, 6) is 1.93. The summed E-state index contributed by atoms with van der Waals surface area (Å²) in [6, 6.07) is 22.5. The van der Waals surface area contributed by atoms with Gasteiger partial charge in [-0.3, -0.25) is 4.79 Å². The van der Waals surface area contributed by atoms with Gasteiger partial charge in [0.2, 0.25) is 0 Å². The van der Waals surface area contributed by atoms with Crippen molar-refractivity contribution < 1.29 is 34.3 Å². The van der Waals surface area contributed by atoms with Crippen molar-refractivity contribution in [3.05, 3.63) is 107 Å². The van der Waals surface area contributed by atoms with Crippen LogP contribution in [0.5, 0.6) is 34.5 Å². The number of benzene rings is 4. The van der Waals surface area contributed by atoms with Gasteiger partial charge in [0.25, 0.3) is 0 Å². The lowest BCUT2D eigenvalue weighted by molar-refractivity contribution is 0.0982. The largest absolute Gasteiger partial charge is 0.508 e. The van der Waals surface area contributed by atoms with E-state index in [4.69, 9.17) is 14.2 Å². The number of hydrogen-bond donors (Lipinski definition) is 3. The van der Waals surface area contributed by atoms with E-state index in [-0.39, 0.29) is 35.4 Å². The van der Waals surface area contributed by atoms with E-state index >= 15 is 0 Å². The number of carbonyl (C=O) groups excluding carboxylic acids is 1. The molecule has 1 atom stereocenters. The maximum absolute atomic E-state index is 12.8. The van der Waals surface area contributed by atoms with Crippen LogP contribution in [0.25, 0.3) is 0 Å². The van der Waals surface area contributed by atoms with Gasteiger partial charge >= 0.3 is 0 Å². The minimum absolute atomic E-state index is 0.0530. The fourth-order valence-electron chi connectivity index (χ4n) is 4.91. The molecule has 0 aliphatic carbocycles. The third kappa shape index (κ3) is 6.67. The number of rotatable bonds is 12. The summed E-state index contributed by atoms with van der Waals surface area (Å²) in [7, 11) is 4.72. The quantitative estimate of drug-likeness (QED) is 0.178. The number of hydrogen-bond acceptors (Lipinski definition) is 7. The smallest absolute Gasteiger partial charge is 0.163 e. The van der Waals surface area contributed by atoms with Crippen molar-refractivity contribution in [1.29, 1.82) is 0 Å². The Labute approximate surface area is 234 Å². The monoisotopic (exact) mass is 542 g/mol. The Morgan fingerprint density at radius 3 is 2.00 bits per heavy atom. The molecule has 0 bridgehead atoms. The molecular formula is C33H34O7. The summed E-state index contributed by atoms with van der Waals surface area (Å²) < 4.78 is 16.4. The summed E-state index contributed by atoms with van der Waals surface area (Å²) >= 11 is 0. The molecule has 40 heavy (non-hydrogen) atoms. The van der Waals surface area contributed by atoms with Crippen LogP contribution in [0, 0.1) is 0 Å². The average molecular weight is 543 g/mol. The van der Waals surface area contributed by atoms with Crippen LogP contribution in [0.3, 0.4) is 0 Å². The molecule has 4 aromatic rings. The highest BCUT2D eigenvalue weighted by Crippen LogP contribution is 2.40. The van der Waals surface area contributed by atoms with Crippen LogP contribution >= 0.6 is 0 Å². The summed E-state index contributed by atoms with van der Waals surface area (Å²) in [6.45, 7) is 0. The van der Waals surface area contributed by atoms with Gasteiger partial charge in [0, 0.05) is 35.6 Å². The standard InChI is InChI=1S/C33H34O7/c1-38-27-14-7-21(8-15-27)28(16-9-23-6-13-26(35)19-32(23)39-2)29-18-24(33(40-3)20-31(29)37)10-17-30(36)22-4-11-25(34)12-5-22/h4-8,11-15,18-20,28,34-35,37H,9-10,16-17H2,1-3H3/t28-/m0/s1. The number of carbonyl (C=O) groups is 1. The van der Waals surface area contributed by atoms with Gasteiger partial charge in [-0.05, 0) is 84.5 Å². The molecule has 0 amide bonds. The fraction of sp³-hybridized carbons (Fsp3) is 0.242. The summed E-state index contributed by atoms with van der Waals surface area (Å²) in [5, 5.41) is 30.5. The first kappa shape index (κ1) is 28.4. The van der Waals surface area contributed by atoms with E-state index in [1.54, 1.807) is 44.6 Å². The molecule has 4 rings (SSSR count). The predicted octanol–water partition coefficient (Wildman–Crippen LogP) is 6.41. The van der Waals surface area contributed by atoms with E-state index < -0.39 is 0 Å². The molecule has 0 fully saturated rings. The van der Waals surface area contributed by atoms with E-state index in [1.807, 2.05) is 36.4 Å². The molecule has 7 heteroatoms. The molecule has 4 aromatic carbocycles. The second kappa shape index (κ2) is 12.9. The second-order valence-corrected chi connectivity index (χ2v) is 9.55. The molecule has 0 aliphatic rings. The highest BCUT2D eigenvalue weighted by Gasteiger charge is 2.22. The van der Waals surface area contributed by atoms with E-state index in [0.29, 0.717) is 36.3 Å². The second-order valence-electron chi connectivity index (χ2n) is 9.55. The highest BCUT2D eigenvalue weighted by atomic mass is 16.5. The predicted molar refractivity (Wildman–Crippen MR) is 153 cm³/mol. The van der Waals surface area contributed by atoms with Crippen molar-refractivity contribution in [2.75, 3.05) is 21.3 Å². The van der Waals surface area contributed by atoms with Gasteiger partial charge in [-0.2, -0.15) is 0 Å². The number of phenolic OH excluding ortho intramolecular Hbond substituents is 3. The first-order chi connectivity index (χ1) is 19.3. The molecular weight excluding hydrogens is 508 g/mol. The molecule has 0 heterocycles. The van der Waals surface area contributed by atoms with Gasteiger partial charge in [0.1, 0.15) is 34.5 Å². The van der Waals surface area contributed by atoms with Crippen molar-refractivity contribution in [2.24, 2.45) is 0 Å². The Balaban J connectivity index is 1.67. The molecule has 0 saturated heterocycles. The number of aromatic hydroxyl groups is 3. The number of methoxy groups -OCH3 is 3. The first-order valence-corrected chi connectivity index (χ1v) is 13.0. The van der Waals surface area contributed by atoms with Crippen LogP contribution in [0.1, 0.15) is 51.4 Å². The molecule has 0 spiro atoms. The summed E-state index contributed by atoms with van der Waals surface area (Å²) in [5.41, 5.74) is 3.98. The van der Waals surface area contributed by atoms with Gasteiger partial charge in [-0.15, -0.1) is 0 Å². The normalized spacial score (nSPS) is 11.6. The summed E-state index contributed by atoms with van der Waals surface area (Å²) in [6.07, 6.45) is 1.92. The van der Waals surface area contributed by atoms with Crippen LogP contribution in [0.15, 0.2) is 78.9 Å². The maximum atomic E-state index is 12.8. The van der Waals surface area contributed by atoms with Crippen LogP contribution < -0.4 is 14.2 Å². The third-order valence-corrected chi connectivity index (χ3v) is 7.11. The van der Waals surface area contributed by atoms with Crippen LogP contribution in [-0.4, -0.2) is 42.4 Å². The molecule has 0 saturated carbocycles. The van der Waals surface area contributed by atoms with Gasteiger partial charge in [0.15, 0.2) is 5.78 Å². The molecule has 0 unspecified atom stereocenters. The number of ether oxygens (including phenoxy) is 3. The number of Topliss-reactive ketones (excluding diaryl/α,β-unsaturated/α-hetero) is 1. The molecule has 0 aromatic heterocycles. The SMILES string of the molecule is COc1ccc([C@H](CCc2ccc(O)cc2OC)c2cc(CCC(=O)c3ccc(O)cc3)c(OC)cc2O)cc1. The maximum Gasteiger partial charge on any atom is 0.163 e. The molecule has 7 nitrogen and oxygen atoms in total. The van der Waals surface area contributed by atoms with Gasteiger partial charge in [0.05, 0.1) is 21.3 Å². The Morgan fingerprint density at radius 1 is 0.700 bits per heavy atom. The highest BCUT2D eigenvalue weighted by molar-refractivity contribution is 5.96. The zero-order valence-corrected chi connectivity index (χ0v) is 22.9. The van der Waals surface area contributed by atoms with Crippen LogP contribution in [0.2, 0.25) is 0 Å². The lowest BCUT2D eigenvalue weighted by atomic mass is 9.84. The fourth-order valence-corrected chi connectivity index (χ4v) is 4.91. The minimum atomic E-state index is -0.193. The zero-order chi connectivity index (χ0) is 28.6. The molecule has 3 N–H and O–H groups in total.